The van der Waals surface area contributed by atoms with Gasteiger partial charge in [-0.05, 0) is 5.56 Å². The molecule has 0 fully saturated rings. The van der Waals surface area contributed by atoms with Crippen LogP contribution in [-0.4, -0.2) is 23.5 Å². The molecular formula is C12H14N2. The molecule has 1 aromatic rings. The highest BCUT2D eigenvalue weighted by Gasteiger charge is 2.12. The van der Waals surface area contributed by atoms with Crippen molar-refractivity contribution >= 4 is 5.70 Å². The van der Waals surface area contributed by atoms with Gasteiger partial charge in [0.05, 0.1) is 6.67 Å². The molecule has 0 spiro atoms. The average Bonchev–Trinajstić information content (AvgIpc) is 2.65. The lowest BCUT2D eigenvalue weighted by atomic mass is 10.1. The lowest BCUT2D eigenvalue weighted by Gasteiger charge is -2.20. The second-order valence-corrected chi connectivity index (χ2v) is 3.48. The molecule has 2 nitrogen and oxygen atoms in total. The third-order valence-corrected chi connectivity index (χ3v) is 2.33. The molecule has 0 amide bonds. The summed E-state index contributed by atoms with van der Waals surface area (Å²) < 4.78 is 0. The molecule has 1 aliphatic heterocycles. The summed E-state index contributed by atoms with van der Waals surface area (Å²) in [7, 11) is 2.05. The molecule has 2 rings (SSSR count). The molecule has 1 heterocycles. The summed E-state index contributed by atoms with van der Waals surface area (Å²) in [5, 5.41) is 0. The average molecular weight is 186 g/mol. The second-order valence-electron chi connectivity index (χ2n) is 3.48. The minimum atomic E-state index is 0.883. The molecule has 1 aromatic carbocycles. The molecule has 0 aliphatic carbocycles. The summed E-state index contributed by atoms with van der Waals surface area (Å²) in [5.41, 5.74) is 2.22. The van der Waals surface area contributed by atoms with Crippen LogP contribution in [0.4, 0.5) is 0 Å². The van der Waals surface area contributed by atoms with Crippen LogP contribution >= 0.6 is 0 Å². The van der Waals surface area contributed by atoms with Gasteiger partial charge in [-0.25, -0.2) is 0 Å². The first-order valence-corrected chi connectivity index (χ1v) is 4.67. The van der Waals surface area contributed by atoms with Crippen molar-refractivity contribution in [2.75, 3.05) is 13.7 Å². The molecule has 72 valence electrons. The highest BCUT2D eigenvalue weighted by molar-refractivity contribution is 5.62. The third-order valence-electron chi connectivity index (χ3n) is 2.33. The van der Waals surface area contributed by atoms with Crippen LogP contribution in [0.25, 0.3) is 5.70 Å². The monoisotopic (exact) mass is 186 g/mol. The van der Waals surface area contributed by atoms with Crippen LogP contribution in [0.15, 0.2) is 49.3 Å². The van der Waals surface area contributed by atoms with E-state index in [1.54, 1.807) is 0 Å². The normalized spacial score (nSPS) is 14.9. The third kappa shape index (κ3) is 1.64. The van der Waals surface area contributed by atoms with Gasteiger partial charge in [-0.1, -0.05) is 36.9 Å². The Kier molecular flexibility index (Phi) is 2.27. The maximum Gasteiger partial charge on any atom is 0.0938 e. The van der Waals surface area contributed by atoms with Crippen LogP contribution in [0.3, 0.4) is 0 Å². The first-order chi connectivity index (χ1) is 6.77. The number of benzene rings is 1. The molecule has 1 aliphatic rings. The lowest BCUT2D eigenvalue weighted by Crippen LogP contribution is -2.20. The first-order valence-electron chi connectivity index (χ1n) is 4.67. The second kappa shape index (κ2) is 3.58. The summed E-state index contributed by atoms with van der Waals surface area (Å²) in [6.07, 6.45) is 4.10. The van der Waals surface area contributed by atoms with Crippen LogP contribution in [0.1, 0.15) is 5.56 Å². The van der Waals surface area contributed by atoms with E-state index in [0.29, 0.717) is 0 Å². The Morgan fingerprint density at radius 2 is 1.93 bits per heavy atom. The van der Waals surface area contributed by atoms with Gasteiger partial charge in [0.25, 0.3) is 0 Å². The van der Waals surface area contributed by atoms with Crippen LogP contribution in [0.2, 0.25) is 0 Å². The molecular weight excluding hydrogens is 172 g/mol. The molecule has 0 N–H and O–H groups in total. The summed E-state index contributed by atoms with van der Waals surface area (Å²) in [6.45, 7) is 4.97. The molecule has 0 aromatic heterocycles. The van der Waals surface area contributed by atoms with Crippen LogP contribution in [0.5, 0.6) is 0 Å². The Hall–Kier alpha value is -1.70. The van der Waals surface area contributed by atoms with Gasteiger partial charge >= 0.3 is 0 Å². The SMILES string of the molecule is C=C(c1ccccc1)N1C=CN(C)C1. The Labute approximate surface area is 84.8 Å². The zero-order valence-electron chi connectivity index (χ0n) is 8.35. The van der Waals surface area contributed by atoms with E-state index in [1.807, 2.05) is 24.4 Å². The standard InChI is InChI=1S/C12H14N2/c1-11(12-6-4-3-5-7-12)14-9-8-13(2)10-14/h3-9H,1,10H2,2H3. The smallest absolute Gasteiger partial charge is 0.0938 e. The lowest BCUT2D eigenvalue weighted by molar-refractivity contribution is 0.376. The fraction of sp³-hybridized carbons (Fsp3) is 0.167. The van der Waals surface area contributed by atoms with Gasteiger partial charge < -0.3 is 9.80 Å². The van der Waals surface area contributed by atoms with Crippen molar-refractivity contribution in [3.8, 4) is 0 Å². The van der Waals surface area contributed by atoms with Crippen LogP contribution < -0.4 is 0 Å². The van der Waals surface area contributed by atoms with E-state index in [4.69, 9.17) is 0 Å². The molecule has 0 bridgehead atoms. The maximum absolute atomic E-state index is 4.09. The van der Waals surface area contributed by atoms with Crippen molar-refractivity contribution in [2.24, 2.45) is 0 Å². The van der Waals surface area contributed by atoms with Crippen molar-refractivity contribution in [1.29, 1.82) is 0 Å². The zero-order valence-corrected chi connectivity index (χ0v) is 8.35. The fourth-order valence-electron chi connectivity index (χ4n) is 1.50. The number of hydrogen-bond acceptors (Lipinski definition) is 2. The highest BCUT2D eigenvalue weighted by atomic mass is 15.3. The van der Waals surface area contributed by atoms with Crippen molar-refractivity contribution in [3.63, 3.8) is 0 Å². The van der Waals surface area contributed by atoms with Crippen LogP contribution in [0, 0.1) is 0 Å². The van der Waals surface area contributed by atoms with E-state index in [0.717, 1.165) is 12.4 Å². The predicted molar refractivity (Wildman–Crippen MR) is 59.1 cm³/mol. The van der Waals surface area contributed by atoms with E-state index in [2.05, 4.69) is 41.8 Å². The zero-order chi connectivity index (χ0) is 9.97. The molecule has 14 heavy (non-hydrogen) atoms. The Morgan fingerprint density at radius 1 is 1.21 bits per heavy atom. The van der Waals surface area contributed by atoms with E-state index in [1.165, 1.54) is 5.56 Å². The van der Waals surface area contributed by atoms with E-state index in [-0.39, 0.29) is 0 Å². The van der Waals surface area contributed by atoms with Crippen molar-refractivity contribution in [3.05, 3.63) is 54.9 Å². The quantitative estimate of drug-likeness (QED) is 0.699. The minimum absolute atomic E-state index is 0.883. The van der Waals surface area contributed by atoms with E-state index in [9.17, 15) is 0 Å². The van der Waals surface area contributed by atoms with Gasteiger partial charge in [0.15, 0.2) is 0 Å². The summed E-state index contributed by atoms with van der Waals surface area (Å²) in [5.74, 6) is 0. The first kappa shape index (κ1) is 8.88. The Bertz CT molecular complexity index is 354. The van der Waals surface area contributed by atoms with Gasteiger partial charge in [-0.3, -0.25) is 0 Å². The molecule has 0 saturated heterocycles. The molecule has 0 saturated carbocycles. The maximum atomic E-state index is 4.09. The van der Waals surface area contributed by atoms with Gasteiger partial charge in [-0.15, -0.1) is 0 Å². The van der Waals surface area contributed by atoms with Gasteiger partial charge in [0, 0.05) is 25.1 Å². The Balaban J connectivity index is 2.14. The number of nitrogens with zero attached hydrogens (tertiary/aromatic N) is 2. The topological polar surface area (TPSA) is 6.48 Å². The summed E-state index contributed by atoms with van der Waals surface area (Å²) >= 11 is 0. The van der Waals surface area contributed by atoms with Crippen molar-refractivity contribution in [1.82, 2.24) is 9.80 Å². The highest BCUT2D eigenvalue weighted by Crippen LogP contribution is 2.20. The number of rotatable bonds is 2. The van der Waals surface area contributed by atoms with E-state index >= 15 is 0 Å². The van der Waals surface area contributed by atoms with Crippen molar-refractivity contribution in [2.45, 2.75) is 0 Å². The van der Waals surface area contributed by atoms with E-state index < -0.39 is 0 Å². The fourth-order valence-corrected chi connectivity index (χ4v) is 1.50. The largest absolute Gasteiger partial charge is 0.361 e. The van der Waals surface area contributed by atoms with Crippen molar-refractivity contribution < 1.29 is 0 Å². The predicted octanol–water partition coefficient (Wildman–Crippen LogP) is 2.33. The summed E-state index contributed by atoms with van der Waals surface area (Å²) in [4.78, 5) is 4.25. The van der Waals surface area contributed by atoms with Gasteiger partial charge in [0.1, 0.15) is 0 Å². The Morgan fingerprint density at radius 3 is 2.50 bits per heavy atom. The molecule has 2 heteroatoms. The molecule has 0 atom stereocenters. The molecule has 0 radical (unpaired) electrons. The van der Waals surface area contributed by atoms with Crippen LogP contribution in [-0.2, 0) is 0 Å². The molecule has 0 unspecified atom stereocenters. The van der Waals surface area contributed by atoms with Gasteiger partial charge in [0.2, 0.25) is 0 Å². The summed E-state index contributed by atoms with van der Waals surface area (Å²) in [6, 6.07) is 10.2. The minimum Gasteiger partial charge on any atom is -0.361 e. The van der Waals surface area contributed by atoms with Gasteiger partial charge in [-0.2, -0.15) is 0 Å². The number of hydrogen-bond donors (Lipinski definition) is 0.